The molecule has 0 aromatic carbocycles. The SMILES string of the molecule is CCCCCCCCCCCCCC[CH]C(CC)CCCC. The first-order valence-corrected chi connectivity index (χ1v) is 10.7. The molecule has 0 aliphatic rings. The van der Waals surface area contributed by atoms with Gasteiger partial charge in [-0.25, -0.2) is 0 Å². The van der Waals surface area contributed by atoms with Crippen LogP contribution in [0.4, 0.5) is 0 Å². The molecule has 22 heavy (non-hydrogen) atoms. The lowest BCUT2D eigenvalue weighted by Gasteiger charge is -2.13. The molecule has 0 N–H and O–H groups in total. The van der Waals surface area contributed by atoms with Gasteiger partial charge in [-0.3, -0.25) is 0 Å². The molecule has 0 aromatic heterocycles. The average Bonchev–Trinajstić information content (AvgIpc) is 2.54. The zero-order chi connectivity index (χ0) is 16.3. The minimum Gasteiger partial charge on any atom is -0.0654 e. The lowest BCUT2D eigenvalue weighted by atomic mass is 9.93. The molecule has 0 nitrogen and oxygen atoms in total. The molecule has 1 atom stereocenters. The second-order valence-electron chi connectivity index (χ2n) is 7.22. The lowest BCUT2D eigenvalue weighted by Crippen LogP contribution is -1.99. The van der Waals surface area contributed by atoms with Gasteiger partial charge in [0.25, 0.3) is 0 Å². The van der Waals surface area contributed by atoms with E-state index in [0.717, 1.165) is 5.92 Å². The van der Waals surface area contributed by atoms with Gasteiger partial charge in [0.2, 0.25) is 0 Å². The zero-order valence-corrected chi connectivity index (χ0v) is 16.2. The van der Waals surface area contributed by atoms with E-state index in [1.165, 1.54) is 109 Å². The van der Waals surface area contributed by atoms with Crippen LogP contribution in [0.3, 0.4) is 0 Å². The monoisotopic (exact) mass is 309 g/mol. The fourth-order valence-corrected chi connectivity index (χ4v) is 3.29. The van der Waals surface area contributed by atoms with Crippen molar-refractivity contribution in [3.8, 4) is 0 Å². The third-order valence-corrected chi connectivity index (χ3v) is 5.01. The van der Waals surface area contributed by atoms with E-state index in [9.17, 15) is 0 Å². The van der Waals surface area contributed by atoms with Crippen LogP contribution >= 0.6 is 0 Å². The van der Waals surface area contributed by atoms with Gasteiger partial charge in [-0.05, 0) is 18.8 Å². The van der Waals surface area contributed by atoms with Crippen molar-refractivity contribution >= 4 is 0 Å². The molecule has 0 spiro atoms. The molecule has 1 unspecified atom stereocenters. The molecule has 0 aliphatic carbocycles. The Morgan fingerprint density at radius 3 is 1.45 bits per heavy atom. The summed E-state index contributed by atoms with van der Waals surface area (Å²) in [6.07, 6.45) is 27.0. The summed E-state index contributed by atoms with van der Waals surface area (Å²) in [6, 6.07) is 0. The molecule has 0 aliphatic heterocycles. The first-order valence-electron chi connectivity index (χ1n) is 10.7. The summed E-state index contributed by atoms with van der Waals surface area (Å²) in [5.74, 6) is 0.896. The highest BCUT2D eigenvalue weighted by atomic mass is 14.1. The molecule has 0 aromatic rings. The second kappa shape index (κ2) is 19.0. The predicted molar refractivity (Wildman–Crippen MR) is 103 cm³/mol. The minimum atomic E-state index is 0.896. The van der Waals surface area contributed by atoms with Crippen LogP contribution in [-0.2, 0) is 0 Å². The van der Waals surface area contributed by atoms with E-state index in [1.807, 2.05) is 0 Å². The fraction of sp³-hybridized carbons (Fsp3) is 0.955. The summed E-state index contributed by atoms with van der Waals surface area (Å²) in [5, 5.41) is 0. The molecular formula is C22H45. The van der Waals surface area contributed by atoms with Gasteiger partial charge in [0.1, 0.15) is 0 Å². The van der Waals surface area contributed by atoms with Gasteiger partial charge in [0.15, 0.2) is 0 Å². The Labute approximate surface area is 142 Å². The summed E-state index contributed by atoms with van der Waals surface area (Å²) in [4.78, 5) is 0. The molecule has 0 amide bonds. The molecular weight excluding hydrogens is 264 g/mol. The molecule has 0 bridgehead atoms. The smallest absolute Gasteiger partial charge is 0.0355 e. The van der Waals surface area contributed by atoms with E-state index in [1.54, 1.807) is 0 Å². The standard InChI is InChI=1S/C22H45/c1-4-7-9-10-11-12-13-14-15-16-17-18-19-21-22(6-3)20-8-5-2/h21-22H,4-20H2,1-3H3. The Bertz CT molecular complexity index is 184. The molecule has 0 fully saturated rings. The van der Waals surface area contributed by atoms with Gasteiger partial charge in [-0.15, -0.1) is 0 Å². The van der Waals surface area contributed by atoms with Crippen molar-refractivity contribution in [3.63, 3.8) is 0 Å². The van der Waals surface area contributed by atoms with E-state index >= 15 is 0 Å². The van der Waals surface area contributed by atoms with Gasteiger partial charge < -0.3 is 0 Å². The molecule has 0 saturated carbocycles. The Balaban J connectivity index is 3.13. The maximum Gasteiger partial charge on any atom is -0.0355 e. The average molecular weight is 310 g/mol. The minimum absolute atomic E-state index is 0.896. The van der Waals surface area contributed by atoms with Crippen molar-refractivity contribution in [2.45, 2.75) is 130 Å². The number of unbranched alkanes of at least 4 members (excludes halogenated alkanes) is 13. The molecule has 0 saturated heterocycles. The van der Waals surface area contributed by atoms with Crippen LogP contribution < -0.4 is 0 Å². The summed E-state index contributed by atoms with van der Waals surface area (Å²) in [6.45, 7) is 6.95. The predicted octanol–water partition coefficient (Wildman–Crippen LogP) is 8.50. The number of hydrogen-bond donors (Lipinski definition) is 0. The van der Waals surface area contributed by atoms with Crippen LogP contribution in [0.1, 0.15) is 130 Å². The first-order chi connectivity index (χ1) is 10.8. The molecule has 0 heterocycles. The first kappa shape index (κ1) is 22.0. The van der Waals surface area contributed by atoms with Crippen LogP contribution in [-0.4, -0.2) is 0 Å². The van der Waals surface area contributed by atoms with Gasteiger partial charge in [-0.2, -0.15) is 0 Å². The largest absolute Gasteiger partial charge is 0.0654 e. The third kappa shape index (κ3) is 16.4. The lowest BCUT2D eigenvalue weighted by molar-refractivity contribution is 0.481. The topological polar surface area (TPSA) is 0 Å². The van der Waals surface area contributed by atoms with Crippen LogP contribution in [0.2, 0.25) is 0 Å². The quantitative estimate of drug-likeness (QED) is 0.223. The summed E-state index contributed by atoms with van der Waals surface area (Å²) < 4.78 is 0. The second-order valence-corrected chi connectivity index (χ2v) is 7.22. The van der Waals surface area contributed by atoms with Crippen molar-refractivity contribution < 1.29 is 0 Å². The van der Waals surface area contributed by atoms with Crippen molar-refractivity contribution in [2.24, 2.45) is 5.92 Å². The molecule has 0 rings (SSSR count). The highest BCUT2D eigenvalue weighted by Crippen LogP contribution is 2.19. The normalized spacial score (nSPS) is 12.7. The summed E-state index contributed by atoms with van der Waals surface area (Å²) in [5.41, 5.74) is 0. The maximum atomic E-state index is 2.62. The fourth-order valence-electron chi connectivity index (χ4n) is 3.29. The van der Waals surface area contributed by atoms with Crippen LogP contribution in [0.15, 0.2) is 0 Å². The maximum absolute atomic E-state index is 2.62. The van der Waals surface area contributed by atoms with Crippen LogP contribution in [0, 0.1) is 12.3 Å². The van der Waals surface area contributed by atoms with Crippen LogP contribution in [0.25, 0.3) is 0 Å². The molecule has 0 heteroatoms. The Hall–Kier alpha value is 0. The van der Waals surface area contributed by atoms with Crippen molar-refractivity contribution in [3.05, 3.63) is 6.42 Å². The van der Waals surface area contributed by atoms with Crippen LogP contribution in [0.5, 0.6) is 0 Å². The zero-order valence-electron chi connectivity index (χ0n) is 16.2. The number of hydrogen-bond acceptors (Lipinski definition) is 0. The van der Waals surface area contributed by atoms with E-state index < -0.39 is 0 Å². The van der Waals surface area contributed by atoms with E-state index in [4.69, 9.17) is 0 Å². The van der Waals surface area contributed by atoms with E-state index in [0.29, 0.717) is 0 Å². The van der Waals surface area contributed by atoms with Gasteiger partial charge in [-0.1, -0.05) is 124 Å². The molecule has 1 radical (unpaired) electrons. The van der Waals surface area contributed by atoms with E-state index in [-0.39, 0.29) is 0 Å². The Kier molecular flexibility index (Phi) is 19.0. The Morgan fingerprint density at radius 2 is 1.00 bits per heavy atom. The highest BCUT2D eigenvalue weighted by Gasteiger charge is 2.05. The highest BCUT2D eigenvalue weighted by molar-refractivity contribution is 4.75. The van der Waals surface area contributed by atoms with Crippen molar-refractivity contribution in [2.75, 3.05) is 0 Å². The third-order valence-electron chi connectivity index (χ3n) is 5.01. The van der Waals surface area contributed by atoms with Gasteiger partial charge in [0.05, 0.1) is 0 Å². The van der Waals surface area contributed by atoms with Crippen molar-refractivity contribution in [1.29, 1.82) is 0 Å². The summed E-state index contributed by atoms with van der Waals surface area (Å²) in [7, 11) is 0. The summed E-state index contributed by atoms with van der Waals surface area (Å²) >= 11 is 0. The van der Waals surface area contributed by atoms with Crippen molar-refractivity contribution in [1.82, 2.24) is 0 Å². The van der Waals surface area contributed by atoms with Gasteiger partial charge >= 0.3 is 0 Å². The van der Waals surface area contributed by atoms with Gasteiger partial charge in [0, 0.05) is 0 Å². The number of rotatable bonds is 18. The Morgan fingerprint density at radius 1 is 0.545 bits per heavy atom. The molecule has 133 valence electrons. The van der Waals surface area contributed by atoms with E-state index in [2.05, 4.69) is 27.2 Å².